The van der Waals surface area contributed by atoms with E-state index >= 15 is 0 Å². The molecular weight excluding hydrogens is 290 g/mol. The number of hydrogen-bond donors (Lipinski definition) is 1. The van der Waals surface area contributed by atoms with E-state index in [0.29, 0.717) is 18.6 Å². The minimum atomic E-state index is -3.22. The molecule has 0 bridgehead atoms. The van der Waals surface area contributed by atoms with Gasteiger partial charge in [0.1, 0.15) is 0 Å². The van der Waals surface area contributed by atoms with Crippen LogP contribution in [0.15, 0.2) is 12.1 Å². The third-order valence-electron chi connectivity index (χ3n) is 2.29. The molecule has 0 spiro atoms. The molecule has 1 aromatic carbocycles. The van der Waals surface area contributed by atoms with Crippen molar-refractivity contribution >= 4 is 33.1 Å². The maximum atomic E-state index is 11.7. The van der Waals surface area contributed by atoms with Crippen molar-refractivity contribution < 1.29 is 17.9 Å². The summed E-state index contributed by atoms with van der Waals surface area (Å²) in [7, 11) is -3.22. The van der Waals surface area contributed by atoms with Gasteiger partial charge in [-0.05, 0) is 24.1 Å². The molecule has 5 nitrogen and oxygen atoms in total. The summed E-state index contributed by atoms with van der Waals surface area (Å²) in [6.45, 7) is 2.17. The number of esters is 1. The molecule has 0 aliphatic rings. The smallest absolute Gasteiger partial charge is 0.340 e. The number of anilines is 1. The number of sulfone groups is 1. The van der Waals surface area contributed by atoms with E-state index in [4.69, 9.17) is 22.1 Å². The number of hydrogen-bond acceptors (Lipinski definition) is 5. The van der Waals surface area contributed by atoms with E-state index < -0.39 is 15.8 Å². The van der Waals surface area contributed by atoms with E-state index in [1.165, 1.54) is 12.1 Å². The lowest BCUT2D eigenvalue weighted by atomic mass is 10.1. The third kappa shape index (κ3) is 4.72. The van der Waals surface area contributed by atoms with Crippen LogP contribution in [-0.2, 0) is 20.3 Å². The Morgan fingerprint density at radius 3 is 2.58 bits per heavy atom. The number of ether oxygens (including phenoxy) is 1. The molecule has 0 unspecified atom stereocenters. The van der Waals surface area contributed by atoms with Crippen molar-refractivity contribution in [1.29, 1.82) is 0 Å². The van der Waals surface area contributed by atoms with Gasteiger partial charge in [-0.15, -0.1) is 0 Å². The Balaban J connectivity index is 3.06. The Morgan fingerprint density at radius 2 is 2.05 bits per heavy atom. The van der Waals surface area contributed by atoms with Gasteiger partial charge in [0.15, 0.2) is 9.84 Å². The zero-order valence-corrected chi connectivity index (χ0v) is 12.3. The van der Waals surface area contributed by atoms with Gasteiger partial charge in [0, 0.05) is 17.0 Å². The fraction of sp³-hybridized carbons (Fsp3) is 0.417. The topological polar surface area (TPSA) is 86.5 Å². The Bertz CT molecular complexity index is 584. The van der Waals surface area contributed by atoms with E-state index in [1.54, 1.807) is 0 Å². The first-order valence-corrected chi connectivity index (χ1v) is 8.11. The van der Waals surface area contributed by atoms with Crippen molar-refractivity contribution in [3.05, 3.63) is 28.3 Å². The maximum Gasteiger partial charge on any atom is 0.340 e. The van der Waals surface area contributed by atoms with Crippen LogP contribution < -0.4 is 5.73 Å². The van der Waals surface area contributed by atoms with Crippen molar-refractivity contribution in [2.24, 2.45) is 0 Å². The number of benzene rings is 1. The summed E-state index contributed by atoms with van der Waals surface area (Å²) in [6, 6.07) is 2.74. The number of carbonyl (C=O) groups is 1. The highest BCUT2D eigenvalue weighted by Gasteiger charge is 2.16. The Morgan fingerprint density at radius 1 is 1.42 bits per heavy atom. The average Bonchev–Trinajstić information content (AvgIpc) is 2.28. The summed E-state index contributed by atoms with van der Waals surface area (Å²) in [6.07, 6.45) is 1.80. The van der Waals surface area contributed by atoms with Crippen molar-refractivity contribution in [3.8, 4) is 0 Å². The fourth-order valence-electron chi connectivity index (χ4n) is 1.48. The summed E-state index contributed by atoms with van der Waals surface area (Å²) in [4.78, 5) is 11.7. The van der Waals surface area contributed by atoms with Gasteiger partial charge in [0.05, 0.1) is 17.9 Å². The van der Waals surface area contributed by atoms with Crippen LogP contribution in [0.4, 0.5) is 5.69 Å². The summed E-state index contributed by atoms with van der Waals surface area (Å²) >= 11 is 5.96. The molecule has 1 aromatic rings. The minimum absolute atomic E-state index is 0.149. The first-order valence-electron chi connectivity index (χ1n) is 5.67. The van der Waals surface area contributed by atoms with E-state index in [-0.39, 0.29) is 22.0 Å². The molecule has 0 aromatic heterocycles. The van der Waals surface area contributed by atoms with Crippen LogP contribution in [0.3, 0.4) is 0 Å². The van der Waals surface area contributed by atoms with Crippen LogP contribution in [0.2, 0.25) is 5.02 Å². The first-order chi connectivity index (χ1) is 8.74. The maximum absolute atomic E-state index is 11.7. The second-order valence-corrected chi connectivity index (χ2v) is 6.78. The molecule has 7 heteroatoms. The van der Waals surface area contributed by atoms with Crippen LogP contribution >= 0.6 is 11.6 Å². The minimum Gasteiger partial charge on any atom is -0.462 e. The molecule has 0 atom stereocenters. The van der Waals surface area contributed by atoms with Gasteiger partial charge in [-0.25, -0.2) is 13.2 Å². The molecule has 0 heterocycles. The highest BCUT2D eigenvalue weighted by molar-refractivity contribution is 7.89. The quantitative estimate of drug-likeness (QED) is 0.664. The van der Waals surface area contributed by atoms with Crippen molar-refractivity contribution in [2.75, 3.05) is 18.6 Å². The van der Waals surface area contributed by atoms with Crippen LogP contribution in [0.5, 0.6) is 0 Å². The molecule has 1 rings (SSSR count). The summed E-state index contributed by atoms with van der Waals surface area (Å²) in [5, 5.41) is 0.183. The SMILES string of the molecule is CCCOC(=O)c1cc(Cl)c(CS(C)(=O)=O)cc1N. The van der Waals surface area contributed by atoms with Crippen molar-refractivity contribution in [2.45, 2.75) is 19.1 Å². The monoisotopic (exact) mass is 305 g/mol. The van der Waals surface area contributed by atoms with Gasteiger partial charge in [0.25, 0.3) is 0 Å². The zero-order valence-electron chi connectivity index (χ0n) is 10.8. The zero-order chi connectivity index (χ0) is 14.6. The number of carbonyl (C=O) groups excluding carboxylic acids is 1. The van der Waals surface area contributed by atoms with E-state index in [2.05, 4.69) is 0 Å². The standard InChI is InChI=1S/C12H16ClNO4S/c1-3-4-18-12(15)9-6-10(13)8(5-11(9)14)7-19(2,16)17/h5-6H,3-4,7,14H2,1-2H3. The van der Waals surface area contributed by atoms with Crippen molar-refractivity contribution in [1.82, 2.24) is 0 Å². The van der Waals surface area contributed by atoms with Crippen LogP contribution in [-0.4, -0.2) is 27.2 Å². The number of nitrogen functional groups attached to an aromatic ring is 1. The summed E-state index contributed by atoms with van der Waals surface area (Å²) in [5.74, 6) is -0.785. The molecule has 2 N–H and O–H groups in total. The summed E-state index contributed by atoms with van der Waals surface area (Å²) < 4.78 is 27.4. The Hall–Kier alpha value is -1.27. The van der Waals surface area contributed by atoms with E-state index in [1.807, 2.05) is 6.92 Å². The van der Waals surface area contributed by atoms with Gasteiger partial charge < -0.3 is 10.5 Å². The van der Waals surface area contributed by atoms with Gasteiger partial charge in [0.2, 0.25) is 0 Å². The molecule has 0 radical (unpaired) electrons. The van der Waals surface area contributed by atoms with Crippen LogP contribution in [0.25, 0.3) is 0 Å². The lowest BCUT2D eigenvalue weighted by Crippen LogP contribution is -2.10. The van der Waals surface area contributed by atoms with Crippen molar-refractivity contribution in [3.63, 3.8) is 0 Å². The molecular formula is C12H16ClNO4S. The van der Waals surface area contributed by atoms with Gasteiger partial charge in [-0.2, -0.15) is 0 Å². The molecule has 106 valence electrons. The lowest BCUT2D eigenvalue weighted by molar-refractivity contribution is 0.0506. The summed E-state index contributed by atoms with van der Waals surface area (Å²) in [5.41, 5.74) is 6.40. The number of nitrogens with two attached hydrogens (primary N) is 1. The van der Waals surface area contributed by atoms with Gasteiger partial charge >= 0.3 is 5.97 Å². The van der Waals surface area contributed by atoms with E-state index in [9.17, 15) is 13.2 Å². The predicted octanol–water partition coefficient (Wildman–Crippen LogP) is 2.03. The van der Waals surface area contributed by atoms with E-state index in [0.717, 1.165) is 6.26 Å². The van der Waals surface area contributed by atoms with Crippen LogP contribution in [0.1, 0.15) is 29.3 Å². The Labute approximate surface area is 117 Å². The highest BCUT2D eigenvalue weighted by atomic mass is 35.5. The Kier molecular flexibility index (Phi) is 5.20. The first kappa shape index (κ1) is 15.8. The fourth-order valence-corrected chi connectivity index (χ4v) is 2.59. The van der Waals surface area contributed by atoms with Gasteiger partial charge in [-0.1, -0.05) is 18.5 Å². The second kappa shape index (κ2) is 6.25. The largest absolute Gasteiger partial charge is 0.462 e. The molecule has 0 saturated carbocycles. The van der Waals surface area contributed by atoms with Crippen LogP contribution in [0, 0.1) is 0 Å². The van der Waals surface area contributed by atoms with Gasteiger partial charge in [-0.3, -0.25) is 0 Å². The highest BCUT2D eigenvalue weighted by Crippen LogP contribution is 2.25. The molecule has 19 heavy (non-hydrogen) atoms. The third-order valence-corrected chi connectivity index (χ3v) is 3.48. The lowest BCUT2D eigenvalue weighted by Gasteiger charge is -2.10. The number of halogens is 1. The number of rotatable bonds is 5. The second-order valence-electron chi connectivity index (χ2n) is 4.24. The molecule has 0 amide bonds. The average molecular weight is 306 g/mol. The normalized spacial score (nSPS) is 11.3. The molecule has 0 fully saturated rings. The predicted molar refractivity (Wildman–Crippen MR) is 75.0 cm³/mol. The molecule has 0 saturated heterocycles. The molecule has 0 aliphatic carbocycles. The molecule has 0 aliphatic heterocycles.